The molecule has 4 aromatic rings. The number of carbonyl (C=O) groups is 1. The Bertz CT molecular complexity index is 1250. The Hall–Kier alpha value is -4.02. The van der Waals surface area contributed by atoms with E-state index in [2.05, 4.69) is 19.9 Å². The number of hydrogen-bond acceptors (Lipinski definition) is 6. The van der Waals surface area contributed by atoms with E-state index in [1.54, 1.807) is 0 Å². The van der Waals surface area contributed by atoms with Crippen molar-refractivity contribution in [2.24, 2.45) is 0 Å². The third-order valence-corrected chi connectivity index (χ3v) is 4.21. The van der Waals surface area contributed by atoms with Gasteiger partial charge < -0.3 is 9.47 Å². The number of ketones is 1. The normalized spacial score (nSPS) is 11.1. The van der Waals surface area contributed by atoms with Gasteiger partial charge in [0.15, 0.2) is 35.5 Å². The molecule has 2 heterocycles. The summed E-state index contributed by atoms with van der Waals surface area (Å²) in [5, 5.41) is 8.03. The first-order chi connectivity index (χ1) is 14.9. The van der Waals surface area contributed by atoms with Crippen molar-refractivity contribution in [2.45, 2.75) is 6.61 Å². The average Bonchev–Trinajstić information content (AvgIpc) is 3.19. The van der Waals surface area contributed by atoms with E-state index in [1.807, 2.05) is 0 Å². The molecule has 0 N–H and O–H groups in total. The van der Waals surface area contributed by atoms with Crippen LogP contribution in [0.15, 0.2) is 54.9 Å². The van der Waals surface area contributed by atoms with Gasteiger partial charge in [-0.15, -0.1) is 10.2 Å². The zero-order chi connectivity index (χ0) is 22.0. The number of rotatable bonds is 7. The van der Waals surface area contributed by atoms with Crippen LogP contribution in [-0.4, -0.2) is 38.6 Å². The van der Waals surface area contributed by atoms with E-state index in [0.29, 0.717) is 17.0 Å². The van der Waals surface area contributed by atoms with Crippen molar-refractivity contribution in [1.82, 2.24) is 19.6 Å². The second kappa shape index (κ2) is 8.38. The number of carbonyl (C=O) groups excluding carboxylic acids is 1. The molecule has 0 atom stereocenters. The lowest BCUT2D eigenvalue weighted by molar-refractivity contribution is -0.0498. The fourth-order valence-electron chi connectivity index (χ4n) is 2.79. The summed E-state index contributed by atoms with van der Waals surface area (Å²) in [5.74, 6) is -2.40. The van der Waals surface area contributed by atoms with Crippen molar-refractivity contribution in [3.8, 4) is 23.0 Å². The molecule has 0 saturated heterocycles. The highest BCUT2D eigenvalue weighted by Crippen LogP contribution is 2.25. The van der Waals surface area contributed by atoms with Crippen LogP contribution in [0.3, 0.4) is 0 Å². The third-order valence-electron chi connectivity index (χ3n) is 4.21. The van der Waals surface area contributed by atoms with Gasteiger partial charge in [-0.25, -0.2) is 13.2 Å². The Kier molecular flexibility index (Phi) is 5.48. The van der Waals surface area contributed by atoms with E-state index >= 15 is 0 Å². The Morgan fingerprint density at radius 2 is 1.77 bits per heavy atom. The Labute approximate surface area is 171 Å². The van der Waals surface area contributed by atoms with Crippen LogP contribution in [0.1, 0.15) is 10.4 Å². The molecule has 0 bridgehead atoms. The first-order valence-corrected chi connectivity index (χ1v) is 8.78. The fourth-order valence-corrected chi connectivity index (χ4v) is 2.79. The summed E-state index contributed by atoms with van der Waals surface area (Å²) < 4.78 is 62.4. The van der Waals surface area contributed by atoms with Gasteiger partial charge in [0.1, 0.15) is 5.75 Å². The van der Waals surface area contributed by atoms with Crippen LogP contribution in [0, 0.1) is 11.6 Å². The molecule has 11 heteroatoms. The summed E-state index contributed by atoms with van der Waals surface area (Å²) in [6, 6.07) is 8.48. The van der Waals surface area contributed by atoms with Crippen LogP contribution < -0.4 is 9.47 Å². The minimum Gasteiger partial charge on any atom is -0.469 e. The quantitative estimate of drug-likeness (QED) is 0.325. The number of aromatic nitrogens is 4. The number of nitrogens with zero attached hydrogens (tertiary/aromatic N) is 4. The summed E-state index contributed by atoms with van der Waals surface area (Å²) in [7, 11) is 0. The van der Waals surface area contributed by atoms with Crippen molar-refractivity contribution in [1.29, 1.82) is 0 Å². The van der Waals surface area contributed by atoms with E-state index in [9.17, 15) is 22.4 Å². The largest absolute Gasteiger partial charge is 0.469 e. The van der Waals surface area contributed by atoms with Gasteiger partial charge in [-0.1, -0.05) is 0 Å². The molecule has 0 aliphatic rings. The van der Waals surface area contributed by atoms with Gasteiger partial charge in [0.2, 0.25) is 5.88 Å². The number of halogens is 4. The van der Waals surface area contributed by atoms with Gasteiger partial charge in [-0.2, -0.15) is 8.78 Å². The molecule has 2 aromatic carbocycles. The van der Waals surface area contributed by atoms with E-state index < -0.39 is 30.6 Å². The van der Waals surface area contributed by atoms with Gasteiger partial charge in [-0.05, 0) is 42.5 Å². The van der Waals surface area contributed by atoms with E-state index in [1.165, 1.54) is 41.1 Å². The number of fused-ring (bicyclic) bond motifs is 1. The molecule has 0 saturated carbocycles. The number of hydrogen-bond donors (Lipinski definition) is 0. The summed E-state index contributed by atoms with van der Waals surface area (Å²) in [4.78, 5) is 16.3. The maximum atomic E-state index is 13.4. The Morgan fingerprint density at radius 3 is 2.48 bits per heavy atom. The van der Waals surface area contributed by atoms with Crippen molar-refractivity contribution < 1.29 is 31.8 Å². The molecule has 7 nitrogen and oxygen atoms in total. The number of benzene rings is 2. The number of ether oxygens (including phenoxy) is 2. The smallest absolute Gasteiger partial charge is 0.387 e. The standard InChI is InChI=1S/C20H12F4N4O3/c21-14-6-3-12(7-15(14)22)16(29)10-30-18-9-25-8-17-26-27-19(28(17)18)11-1-4-13(5-2-11)31-20(23)24/h1-9,20H,10H2. The summed E-state index contributed by atoms with van der Waals surface area (Å²) in [5.41, 5.74) is 0.760. The lowest BCUT2D eigenvalue weighted by atomic mass is 10.1. The van der Waals surface area contributed by atoms with Crippen molar-refractivity contribution in [2.75, 3.05) is 6.61 Å². The highest BCUT2D eigenvalue weighted by atomic mass is 19.3. The van der Waals surface area contributed by atoms with Crippen LogP contribution >= 0.6 is 0 Å². The molecule has 0 aliphatic carbocycles. The summed E-state index contributed by atoms with van der Waals surface area (Å²) >= 11 is 0. The highest BCUT2D eigenvalue weighted by molar-refractivity contribution is 5.97. The predicted molar refractivity (Wildman–Crippen MR) is 99.0 cm³/mol. The van der Waals surface area contributed by atoms with Gasteiger partial charge in [0, 0.05) is 11.1 Å². The van der Waals surface area contributed by atoms with E-state index in [4.69, 9.17) is 4.74 Å². The molecular weight excluding hydrogens is 420 g/mol. The topological polar surface area (TPSA) is 78.6 Å². The SMILES string of the molecule is O=C(COc1cncc2nnc(-c3ccc(OC(F)F)cc3)n12)c1ccc(F)c(F)c1. The van der Waals surface area contributed by atoms with Crippen molar-refractivity contribution in [3.63, 3.8) is 0 Å². The minimum absolute atomic E-state index is 0.0252. The molecule has 0 aliphatic heterocycles. The maximum Gasteiger partial charge on any atom is 0.387 e. The average molecular weight is 432 g/mol. The number of Topliss-reactive ketones (excluding diaryl/α,β-unsaturated/α-hetero) is 1. The van der Waals surface area contributed by atoms with Gasteiger partial charge in [-0.3, -0.25) is 9.78 Å². The van der Waals surface area contributed by atoms with Crippen LogP contribution in [-0.2, 0) is 0 Å². The van der Waals surface area contributed by atoms with Crippen LogP contribution in [0.5, 0.6) is 11.6 Å². The molecule has 4 rings (SSSR count). The lowest BCUT2D eigenvalue weighted by Crippen LogP contribution is -2.14. The highest BCUT2D eigenvalue weighted by Gasteiger charge is 2.16. The molecule has 31 heavy (non-hydrogen) atoms. The van der Waals surface area contributed by atoms with Gasteiger partial charge in [0.25, 0.3) is 0 Å². The minimum atomic E-state index is -2.95. The van der Waals surface area contributed by atoms with Gasteiger partial charge >= 0.3 is 6.61 Å². The lowest BCUT2D eigenvalue weighted by Gasteiger charge is -2.10. The molecule has 0 fully saturated rings. The van der Waals surface area contributed by atoms with Crippen LogP contribution in [0.2, 0.25) is 0 Å². The Morgan fingerprint density at radius 1 is 1.00 bits per heavy atom. The summed E-state index contributed by atoms with van der Waals surface area (Å²) in [6.45, 7) is -3.43. The molecule has 0 amide bonds. The zero-order valence-electron chi connectivity index (χ0n) is 15.5. The molecule has 0 spiro atoms. The molecule has 2 aromatic heterocycles. The number of alkyl halides is 2. The van der Waals surface area contributed by atoms with Crippen LogP contribution in [0.4, 0.5) is 17.6 Å². The second-order valence-corrected chi connectivity index (χ2v) is 6.21. The molecular formula is C20H12F4N4O3. The first kappa shape index (κ1) is 20.3. The second-order valence-electron chi connectivity index (χ2n) is 6.21. The molecule has 0 radical (unpaired) electrons. The monoisotopic (exact) mass is 432 g/mol. The molecule has 158 valence electrons. The maximum absolute atomic E-state index is 13.4. The first-order valence-electron chi connectivity index (χ1n) is 8.78. The van der Waals surface area contributed by atoms with Crippen LogP contribution in [0.25, 0.3) is 17.0 Å². The fraction of sp³-hybridized carbons (Fsp3) is 0.100. The van der Waals surface area contributed by atoms with E-state index in [0.717, 1.165) is 18.2 Å². The predicted octanol–water partition coefficient (Wildman–Crippen LogP) is 3.93. The molecule has 0 unspecified atom stereocenters. The summed E-state index contributed by atoms with van der Waals surface area (Å²) in [6.07, 6.45) is 2.74. The third kappa shape index (κ3) is 4.29. The van der Waals surface area contributed by atoms with Crippen molar-refractivity contribution >= 4 is 11.4 Å². The van der Waals surface area contributed by atoms with Gasteiger partial charge in [0.05, 0.1) is 12.4 Å². The zero-order valence-corrected chi connectivity index (χ0v) is 15.5. The van der Waals surface area contributed by atoms with E-state index in [-0.39, 0.29) is 17.2 Å². The Balaban J connectivity index is 1.59. The van der Waals surface area contributed by atoms with Crippen molar-refractivity contribution in [3.05, 3.63) is 72.1 Å².